The van der Waals surface area contributed by atoms with Gasteiger partial charge in [-0.2, -0.15) is 0 Å². The molecule has 0 bridgehead atoms. The Labute approximate surface area is 84.5 Å². The van der Waals surface area contributed by atoms with E-state index in [9.17, 15) is 0 Å². The summed E-state index contributed by atoms with van der Waals surface area (Å²) in [6.45, 7) is 5.22. The van der Waals surface area contributed by atoms with Crippen LogP contribution >= 0.6 is 0 Å². The van der Waals surface area contributed by atoms with Crippen molar-refractivity contribution in [1.82, 2.24) is 15.0 Å². The topological polar surface area (TPSA) is 56.7 Å². The minimum atomic E-state index is -0.0158. The first-order valence-corrected chi connectivity index (χ1v) is 5.25. The van der Waals surface area contributed by atoms with Gasteiger partial charge in [0.1, 0.15) is 0 Å². The third-order valence-electron chi connectivity index (χ3n) is 3.13. The summed E-state index contributed by atoms with van der Waals surface area (Å²) in [4.78, 5) is 0. The maximum Gasteiger partial charge on any atom is 0.0991 e. The van der Waals surface area contributed by atoms with E-state index in [0.717, 1.165) is 12.2 Å². The van der Waals surface area contributed by atoms with Crippen molar-refractivity contribution in [2.75, 3.05) is 0 Å². The van der Waals surface area contributed by atoms with Crippen LogP contribution in [-0.4, -0.2) is 15.0 Å². The van der Waals surface area contributed by atoms with Gasteiger partial charge in [-0.25, -0.2) is 0 Å². The van der Waals surface area contributed by atoms with Crippen LogP contribution in [-0.2, 0) is 6.54 Å². The van der Waals surface area contributed by atoms with E-state index in [1.807, 2.05) is 17.8 Å². The zero-order valence-corrected chi connectivity index (χ0v) is 8.90. The molecule has 0 amide bonds. The molecular weight excluding hydrogens is 176 g/mol. The summed E-state index contributed by atoms with van der Waals surface area (Å²) in [5.41, 5.74) is 7.05. The number of nitrogens with two attached hydrogens (primary N) is 1. The molecular formula is C10H18N4. The molecule has 1 fully saturated rings. The highest BCUT2D eigenvalue weighted by atomic mass is 15.4. The van der Waals surface area contributed by atoms with Gasteiger partial charge in [-0.05, 0) is 25.2 Å². The summed E-state index contributed by atoms with van der Waals surface area (Å²) >= 11 is 0. The average molecular weight is 194 g/mol. The lowest BCUT2D eigenvalue weighted by Crippen LogP contribution is -2.30. The molecule has 0 aliphatic heterocycles. The molecule has 2 rings (SSSR count). The van der Waals surface area contributed by atoms with Crippen LogP contribution in [0.15, 0.2) is 6.20 Å². The van der Waals surface area contributed by atoms with Crippen molar-refractivity contribution in [3.05, 3.63) is 11.9 Å². The second kappa shape index (κ2) is 3.35. The standard InChI is InChI=1S/C10H18N4/c1-8(11)9-6-14(13-12-9)7-10(2)4-3-5-10/h6,8H,3-5,7,11H2,1-2H3. The van der Waals surface area contributed by atoms with Gasteiger partial charge in [0.25, 0.3) is 0 Å². The minimum absolute atomic E-state index is 0.0158. The van der Waals surface area contributed by atoms with Crippen molar-refractivity contribution in [1.29, 1.82) is 0 Å². The molecule has 14 heavy (non-hydrogen) atoms. The zero-order chi connectivity index (χ0) is 10.2. The Morgan fingerprint density at radius 2 is 2.36 bits per heavy atom. The molecule has 1 aromatic rings. The van der Waals surface area contributed by atoms with Crippen molar-refractivity contribution in [3.8, 4) is 0 Å². The van der Waals surface area contributed by atoms with Crippen molar-refractivity contribution in [3.63, 3.8) is 0 Å². The third kappa shape index (κ3) is 1.80. The molecule has 78 valence electrons. The van der Waals surface area contributed by atoms with Gasteiger partial charge in [0, 0.05) is 12.6 Å². The van der Waals surface area contributed by atoms with E-state index >= 15 is 0 Å². The smallest absolute Gasteiger partial charge is 0.0991 e. The Morgan fingerprint density at radius 1 is 1.64 bits per heavy atom. The molecule has 1 aliphatic carbocycles. The first-order chi connectivity index (χ1) is 6.59. The SMILES string of the molecule is CC(N)c1cn(CC2(C)CCC2)nn1. The molecule has 1 saturated carbocycles. The van der Waals surface area contributed by atoms with Crippen LogP contribution in [0, 0.1) is 5.41 Å². The molecule has 1 atom stereocenters. The fraction of sp³-hybridized carbons (Fsp3) is 0.800. The van der Waals surface area contributed by atoms with Gasteiger partial charge in [0.15, 0.2) is 0 Å². The third-order valence-corrected chi connectivity index (χ3v) is 3.13. The first kappa shape index (κ1) is 9.65. The molecule has 4 nitrogen and oxygen atoms in total. The van der Waals surface area contributed by atoms with Gasteiger partial charge in [-0.15, -0.1) is 5.10 Å². The Hall–Kier alpha value is -0.900. The van der Waals surface area contributed by atoms with Crippen molar-refractivity contribution in [2.24, 2.45) is 11.1 Å². The van der Waals surface area contributed by atoms with Crippen LogP contribution in [0.3, 0.4) is 0 Å². The Bertz CT molecular complexity index is 312. The Kier molecular flexibility index (Phi) is 2.31. The van der Waals surface area contributed by atoms with E-state index in [2.05, 4.69) is 17.2 Å². The lowest BCUT2D eigenvalue weighted by molar-refractivity contribution is 0.125. The molecule has 0 saturated heterocycles. The van der Waals surface area contributed by atoms with Gasteiger partial charge >= 0.3 is 0 Å². The molecule has 1 unspecified atom stereocenters. The normalized spacial score (nSPS) is 21.6. The van der Waals surface area contributed by atoms with Crippen LogP contribution in [0.5, 0.6) is 0 Å². The summed E-state index contributed by atoms with van der Waals surface area (Å²) in [7, 11) is 0. The lowest BCUT2D eigenvalue weighted by atomic mass is 9.70. The molecule has 1 heterocycles. The summed E-state index contributed by atoms with van der Waals surface area (Å²) in [6, 6.07) is -0.0158. The van der Waals surface area contributed by atoms with Crippen LogP contribution in [0.25, 0.3) is 0 Å². The summed E-state index contributed by atoms with van der Waals surface area (Å²) < 4.78 is 1.93. The van der Waals surface area contributed by atoms with E-state index in [1.54, 1.807) is 0 Å². The van der Waals surface area contributed by atoms with Crippen LogP contribution < -0.4 is 5.73 Å². The number of hydrogen-bond acceptors (Lipinski definition) is 3. The van der Waals surface area contributed by atoms with Crippen LogP contribution in [0.2, 0.25) is 0 Å². The molecule has 1 aliphatic rings. The van der Waals surface area contributed by atoms with E-state index in [4.69, 9.17) is 5.73 Å². The molecule has 2 N–H and O–H groups in total. The lowest BCUT2D eigenvalue weighted by Gasteiger charge is -2.37. The van der Waals surface area contributed by atoms with Crippen LogP contribution in [0.1, 0.15) is 44.8 Å². The number of hydrogen-bond donors (Lipinski definition) is 1. The van der Waals surface area contributed by atoms with E-state index in [1.165, 1.54) is 19.3 Å². The maximum absolute atomic E-state index is 5.72. The fourth-order valence-electron chi connectivity index (χ4n) is 1.93. The fourth-order valence-corrected chi connectivity index (χ4v) is 1.93. The molecule has 1 aromatic heterocycles. The zero-order valence-electron chi connectivity index (χ0n) is 8.90. The highest BCUT2D eigenvalue weighted by molar-refractivity contribution is 4.98. The molecule has 0 aromatic carbocycles. The van der Waals surface area contributed by atoms with Crippen molar-refractivity contribution in [2.45, 2.75) is 45.7 Å². The molecule has 0 radical (unpaired) electrons. The predicted octanol–water partition coefficient (Wildman–Crippen LogP) is 1.49. The monoisotopic (exact) mass is 194 g/mol. The highest BCUT2D eigenvalue weighted by Gasteiger charge is 2.32. The van der Waals surface area contributed by atoms with Crippen LogP contribution in [0.4, 0.5) is 0 Å². The van der Waals surface area contributed by atoms with E-state index < -0.39 is 0 Å². The number of aromatic nitrogens is 3. The predicted molar refractivity (Wildman–Crippen MR) is 54.6 cm³/mol. The Morgan fingerprint density at radius 3 is 2.79 bits per heavy atom. The minimum Gasteiger partial charge on any atom is -0.323 e. The van der Waals surface area contributed by atoms with Gasteiger partial charge in [-0.1, -0.05) is 18.6 Å². The summed E-state index contributed by atoms with van der Waals surface area (Å²) in [6.07, 6.45) is 5.93. The van der Waals surface area contributed by atoms with Crippen molar-refractivity contribution >= 4 is 0 Å². The average Bonchev–Trinajstić information content (AvgIpc) is 2.50. The van der Waals surface area contributed by atoms with Gasteiger partial charge in [-0.3, -0.25) is 4.68 Å². The van der Waals surface area contributed by atoms with E-state index in [-0.39, 0.29) is 6.04 Å². The van der Waals surface area contributed by atoms with Gasteiger partial charge in [0.05, 0.1) is 11.9 Å². The number of nitrogens with zero attached hydrogens (tertiary/aromatic N) is 3. The van der Waals surface area contributed by atoms with E-state index in [0.29, 0.717) is 5.41 Å². The summed E-state index contributed by atoms with van der Waals surface area (Å²) in [5.74, 6) is 0. The molecule has 4 heteroatoms. The summed E-state index contributed by atoms with van der Waals surface area (Å²) in [5, 5.41) is 8.14. The highest BCUT2D eigenvalue weighted by Crippen LogP contribution is 2.41. The second-order valence-corrected chi connectivity index (χ2v) is 4.79. The number of rotatable bonds is 3. The maximum atomic E-state index is 5.72. The Balaban J connectivity index is 2.02. The molecule has 0 spiro atoms. The van der Waals surface area contributed by atoms with Crippen molar-refractivity contribution < 1.29 is 0 Å². The first-order valence-electron chi connectivity index (χ1n) is 5.25. The van der Waals surface area contributed by atoms with Gasteiger partial charge in [0.2, 0.25) is 0 Å². The largest absolute Gasteiger partial charge is 0.323 e. The quantitative estimate of drug-likeness (QED) is 0.793. The van der Waals surface area contributed by atoms with Gasteiger partial charge < -0.3 is 5.73 Å². The second-order valence-electron chi connectivity index (χ2n) is 4.79.